The van der Waals surface area contributed by atoms with Crippen LogP contribution >= 0.6 is 0 Å². The Morgan fingerprint density at radius 3 is 2.70 bits per heavy atom. The SMILES string of the molecule is Cc1cc(/C=C/c2ccc([N+](=O)[O-])cn2)ccc1-n1cncn1. The van der Waals surface area contributed by atoms with Crippen LogP contribution in [0, 0.1) is 17.0 Å². The monoisotopic (exact) mass is 307 g/mol. The molecule has 0 unspecified atom stereocenters. The molecular weight excluding hydrogens is 294 g/mol. The molecule has 2 aromatic heterocycles. The minimum absolute atomic E-state index is 0.0184. The van der Waals surface area contributed by atoms with E-state index < -0.39 is 4.92 Å². The molecule has 23 heavy (non-hydrogen) atoms. The van der Waals surface area contributed by atoms with Gasteiger partial charge in [0, 0.05) is 6.07 Å². The van der Waals surface area contributed by atoms with Crippen molar-refractivity contribution in [2.75, 3.05) is 0 Å². The summed E-state index contributed by atoms with van der Waals surface area (Å²) in [5, 5.41) is 14.7. The lowest BCUT2D eigenvalue weighted by Crippen LogP contribution is -1.97. The van der Waals surface area contributed by atoms with Crippen molar-refractivity contribution < 1.29 is 4.92 Å². The van der Waals surface area contributed by atoms with Crippen molar-refractivity contribution in [3.63, 3.8) is 0 Å². The Bertz CT molecular complexity index is 855. The van der Waals surface area contributed by atoms with E-state index in [1.165, 1.54) is 18.6 Å². The molecule has 0 aliphatic heterocycles. The van der Waals surface area contributed by atoms with E-state index in [4.69, 9.17) is 0 Å². The van der Waals surface area contributed by atoms with Gasteiger partial charge >= 0.3 is 0 Å². The van der Waals surface area contributed by atoms with Crippen LogP contribution in [0.25, 0.3) is 17.8 Å². The Labute approximate surface area is 132 Å². The van der Waals surface area contributed by atoms with Crippen molar-refractivity contribution >= 4 is 17.8 Å². The van der Waals surface area contributed by atoms with Crippen LogP contribution in [0.4, 0.5) is 5.69 Å². The first-order valence-electron chi connectivity index (χ1n) is 6.88. The Kier molecular flexibility index (Phi) is 3.92. The van der Waals surface area contributed by atoms with Crippen LogP contribution in [0.5, 0.6) is 0 Å². The molecule has 3 rings (SSSR count). The zero-order chi connectivity index (χ0) is 16.2. The number of hydrogen-bond donors (Lipinski definition) is 0. The lowest BCUT2D eigenvalue weighted by molar-refractivity contribution is -0.385. The van der Waals surface area contributed by atoms with E-state index in [-0.39, 0.29) is 5.69 Å². The zero-order valence-corrected chi connectivity index (χ0v) is 12.3. The van der Waals surface area contributed by atoms with Crippen LogP contribution in [0.1, 0.15) is 16.8 Å². The van der Waals surface area contributed by atoms with Gasteiger partial charge in [-0.05, 0) is 42.3 Å². The number of hydrogen-bond acceptors (Lipinski definition) is 5. The topological polar surface area (TPSA) is 86.7 Å². The van der Waals surface area contributed by atoms with Crippen molar-refractivity contribution in [3.05, 3.63) is 76.1 Å². The second-order valence-corrected chi connectivity index (χ2v) is 4.92. The predicted octanol–water partition coefficient (Wildman–Crippen LogP) is 3.05. The van der Waals surface area contributed by atoms with Gasteiger partial charge in [0.15, 0.2) is 0 Å². The molecule has 3 aromatic rings. The van der Waals surface area contributed by atoms with Gasteiger partial charge in [-0.1, -0.05) is 12.1 Å². The lowest BCUT2D eigenvalue weighted by atomic mass is 10.1. The average molecular weight is 307 g/mol. The molecule has 0 saturated carbocycles. The number of nitro groups is 1. The van der Waals surface area contributed by atoms with E-state index in [1.54, 1.807) is 17.1 Å². The highest BCUT2D eigenvalue weighted by atomic mass is 16.6. The third-order valence-electron chi connectivity index (χ3n) is 3.31. The zero-order valence-electron chi connectivity index (χ0n) is 12.3. The van der Waals surface area contributed by atoms with Gasteiger partial charge in [0.25, 0.3) is 5.69 Å². The van der Waals surface area contributed by atoms with Crippen molar-refractivity contribution in [1.29, 1.82) is 0 Å². The van der Waals surface area contributed by atoms with Gasteiger partial charge in [-0.3, -0.25) is 10.1 Å². The molecule has 0 radical (unpaired) electrons. The average Bonchev–Trinajstić information content (AvgIpc) is 3.07. The summed E-state index contributed by atoms with van der Waals surface area (Å²) in [7, 11) is 0. The molecule has 114 valence electrons. The van der Waals surface area contributed by atoms with Crippen molar-refractivity contribution in [2.45, 2.75) is 6.92 Å². The summed E-state index contributed by atoms with van der Waals surface area (Å²) < 4.78 is 1.71. The van der Waals surface area contributed by atoms with E-state index in [0.29, 0.717) is 5.69 Å². The Morgan fingerprint density at radius 2 is 2.09 bits per heavy atom. The number of aromatic nitrogens is 4. The molecular formula is C16H13N5O2. The fraction of sp³-hybridized carbons (Fsp3) is 0.0625. The molecule has 7 heteroatoms. The highest BCUT2D eigenvalue weighted by molar-refractivity contribution is 5.69. The van der Waals surface area contributed by atoms with Gasteiger partial charge in [0.2, 0.25) is 0 Å². The molecule has 0 N–H and O–H groups in total. The fourth-order valence-electron chi connectivity index (χ4n) is 2.16. The molecule has 2 heterocycles. The van der Waals surface area contributed by atoms with E-state index in [9.17, 15) is 10.1 Å². The van der Waals surface area contributed by atoms with E-state index >= 15 is 0 Å². The number of rotatable bonds is 4. The van der Waals surface area contributed by atoms with Crippen molar-refractivity contribution in [2.24, 2.45) is 0 Å². The molecule has 0 spiro atoms. The van der Waals surface area contributed by atoms with Gasteiger partial charge in [-0.2, -0.15) is 5.10 Å². The van der Waals surface area contributed by atoms with Gasteiger partial charge in [0.1, 0.15) is 18.9 Å². The summed E-state index contributed by atoms with van der Waals surface area (Å²) in [4.78, 5) is 18.1. The molecule has 0 aliphatic rings. The number of pyridine rings is 1. The van der Waals surface area contributed by atoms with E-state index in [1.807, 2.05) is 37.3 Å². The third-order valence-corrected chi connectivity index (χ3v) is 3.31. The van der Waals surface area contributed by atoms with Crippen LogP contribution in [0.15, 0.2) is 49.2 Å². The quantitative estimate of drug-likeness (QED) is 0.546. The van der Waals surface area contributed by atoms with E-state index in [2.05, 4.69) is 15.1 Å². The summed E-state index contributed by atoms with van der Waals surface area (Å²) in [5.74, 6) is 0. The van der Waals surface area contributed by atoms with Gasteiger partial charge in [-0.25, -0.2) is 14.6 Å². The molecule has 0 amide bonds. The minimum Gasteiger partial charge on any atom is -0.258 e. The first-order chi connectivity index (χ1) is 11.1. The molecule has 0 aliphatic carbocycles. The maximum Gasteiger partial charge on any atom is 0.287 e. The maximum absolute atomic E-state index is 10.6. The molecule has 0 atom stereocenters. The van der Waals surface area contributed by atoms with Gasteiger partial charge in [0.05, 0.1) is 16.3 Å². The molecule has 0 bridgehead atoms. The van der Waals surface area contributed by atoms with Crippen LogP contribution < -0.4 is 0 Å². The molecule has 1 aromatic carbocycles. The van der Waals surface area contributed by atoms with Crippen molar-refractivity contribution in [1.82, 2.24) is 19.7 Å². The predicted molar refractivity (Wildman–Crippen MR) is 85.9 cm³/mol. The normalized spacial score (nSPS) is 11.0. The van der Waals surface area contributed by atoms with E-state index in [0.717, 1.165) is 16.8 Å². The number of benzene rings is 1. The summed E-state index contributed by atoms with van der Waals surface area (Å²) in [6.07, 6.45) is 8.12. The lowest BCUT2D eigenvalue weighted by Gasteiger charge is -2.05. The Morgan fingerprint density at radius 1 is 1.22 bits per heavy atom. The largest absolute Gasteiger partial charge is 0.287 e. The Balaban J connectivity index is 1.80. The summed E-state index contributed by atoms with van der Waals surface area (Å²) in [5.41, 5.74) is 3.68. The highest BCUT2D eigenvalue weighted by Gasteiger charge is 2.04. The highest BCUT2D eigenvalue weighted by Crippen LogP contribution is 2.17. The second kappa shape index (κ2) is 6.18. The summed E-state index contributed by atoms with van der Waals surface area (Å²) in [6, 6.07) is 9.01. The molecule has 0 fully saturated rings. The third kappa shape index (κ3) is 3.29. The summed E-state index contributed by atoms with van der Waals surface area (Å²) in [6.45, 7) is 2.00. The second-order valence-electron chi connectivity index (χ2n) is 4.92. The first kappa shape index (κ1) is 14.6. The fourth-order valence-corrected chi connectivity index (χ4v) is 2.16. The Hall–Kier alpha value is -3.35. The standard InChI is InChI=1S/C16H13N5O2/c1-12-8-13(3-7-16(12)20-11-17-10-19-20)2-4-14-5-6-15(9-18-14)21(22)23/h2-11H,1H3/b4-2+. The maximum atomic E-state index is 10.6. The molecule has 0 saturated heterocycles. The van der Waals surface area contributed by atoms with Crippen LogP contribution in [0.3, 0.4) is 0 Å². The van der Waals surface area contributed by atoms with Gasteiger partial charge in [-0.15, -0.1) is 0 Å². The first-order valence-corrected chi connectivity index (χ1v) is 6.88. The van der Waals surface area contributed by atoms with Crippen molar-refractivity contribution in [3.8, 4) is 5.69 Å². The smallest absolute Gasteiger partial charge is 0.258 e. The van der Waals surface area contributed by atoms with Crippen LogP contribution in [-0.4, -0.2) is 24.7 Å². The number of nitrogens with zero attached hydrogens (tertiary/aromatic N) is 5. The van der Waals surface area contributed by atoms with Crippen LogP contribution in [0.2, 0.25) is 0 Å². The van der Waals surface area contributed by atoms with Gasteiger partial charge < -0.3 is 0 Å². The minimum atomic E-state index is -0.466. The number of aryl methyl sites for hydroxylation is 1. The molecule has 7 nitrogen and oxygen atoms in total. The summed E-state index contributed by atoms with van der Waals surface area (Å²) >= 11 is 0. The van der Waals surface area contributed by atoms with Crippen LogP contribution in [-0.2, 0) is 0 Å².